The topological polar surface area (TPSA) is 112 Å². The lowest BCUT2D eigenvalue weighted by molar-refractivity contribution is -0.122. The summed E-state index contributed by atoms with van der Waals surface area (Å²) in [6, 6.07) is 12.3. The first kappa shape index (κ1) is 22.3. The molecule has 38 heavy (non-hydrogen) atoms. The molecule has 5 heterocycles. The first-order chi connectivity index (χ1) is 18.6. The molecule has 1 aromatic carbocycles. The Balaban J connectivity index is 1.26. The third kappa shape index (κ3) is 3.88. The Bertz CT molecular complexity index is 1840. The third-order valence-electron chi connectivity index (χ3n) is 7.16. The van der Waals surface area contributed by atoms with Crippen LogP contribution in [0.2, 0.25) is 0 Å². The largest absolute Gasteiger partial charge is 0.352 e. The van der Waals surface area contributed by atoms with E-state index in [0.717, 1.165) is 69.1 Å². The van der Waals surface area contributed by atoms with Crippen LogP contribution in [-0.4, -0.2) is 36.0 Å². The number of hydrogen-bond donors (Lipinski definition) is 3. The molecular formula is C29H22FN7O. The number of benzene rings is 1. The summed E-state index contributed by atoms with van der Waals surface area (Å²) < 4.78 is 13.9. The fourth-order valence-corrected chi connectivity index (χ4v) is 4.91. The number of aromatic nitrogens is 6. The lowest BCUT2D eigenvalue weighted by Gasteiger charge is -2.24. The van der Waals surface area contributed by atoms with Crippen LogP contribution in [0.4, 0.5) is 10.1 Å². The molecule has 3 N–H and O–H groups in total. The third-order valence-corrected chi connectivity index (χ3v) is 7.16. The Morgan fingerprint density at radius 2 is 1.82 bits per heavy atom. The fourth-order valence-electron chi connectivity index (χ4n) is 4.91. The zero-order chi connectivity index (χ0) is 25.6. The SMILES string of the molecule is O=C(Nc1cncc(-c2cc3c(-c4cc5c(-c6cccc(F)c6)cncc5[nH]4)n[nH]c3cn2)c1)C1CCC1. The van der Waals surface area contributed by atoms with Gasteiger partial charge in [0.25, 0.3) is 0 Å². The summed E-state index contributed by atoms with van der Waals surface area (Å²) in [7, 11) is 0. The molecule has 0 saturated heterocycles. The van der Waals surface area contributed by atoms with Crippen molar-refractivity contribution in [3.63, 3.8) is 0 Å². The lowest BCUT2D eigenvalue weighted by Crippen LogP contribution is -2.28. The van der Waals surface area contributed by atoms with Gasteiger partial charge in [-0.2, -0.15) is 5.10 Å². The molecule has 0 bridgehead atoms. The number of amides is 1. The van der Waals surface area contributed by atoms with E-state index in [4.69, 9.17) is 0 Å². The molecule has 1 aliphatic carbocycles. The zero-order valence-electron chi connectivity index (χ0n) is 20.2. The Morgan fingerprint density at radius 3 is 2.66 bits per heavy atom. The Hall–Kier alpha value is -4.92. The summed E-state index contributed by atoms with van der Waals surface area (Å²) in [5, 5.41) is 12.4. The van der Waals surface area contributed by atoms with Crippen LogP contribution in [0.15, 0.2) is 73.4 Å². The van der Waals surface area contributed by atoms with E-state index in [-0.39, 0.29) is 17.6 Å². The minimum Gasteiger partial charge on any atom is -0.352 e. The van der Waals surface area contributed by atoms with Gasteiger partial charge in [-0.25, -0.2) is 4.39 Å². The number of H-pyrrole nitrogens is 2. The van der Waals surface area contributed by atoms with E-state index < -0.39 is 0 Å². The predicted octanol–water partition coefficient (Wildman–Crippen LogP) is 6.11. The lowest BCUT2D eigenvalue weighted by atomic mass is 9.85. The van der Waals surface area contributed by atoms with E-state index >= 15 is 0 Å². The molecule has 9 heteroatoms. The molecule has 0 aliphatic heterocycles. The molecule has 8 nitrogen and oxygen atoms in total. The van der Waals surface area contributed by atoms with Crippen molar-refractivity contribution in [1.29, 1.82) is 0 Å². The molecule has 0 spiro atoms. The average molecular weight is 504 g/mol. The second-order valence-electron chi connectivity index (χ2n) is 9.61. The Morgan fingerprint density at radius 1 is 0.921 bits per heavy atom. The number of rotatable bonds is 5. The second-order valence-corrected chi connectivity index (χ2v) is 9.61. The van der Waals surface area contributed by atoms with Gasteiger partial charge in [0.05, 0.1) is 46.7 Å². The van der Waals surface area contributed by atoms with Crippen LogP contribution in [-0.2, 0) is 4.79 Å². The summed E-state index contributed by atoms with van der Waals surface area (Å²) in [6.07, 6.45) is 11.6. The maximum atomic E-state index is 13.9. The summed E-state index contributed by atoms with van der Waals surface area (Å²) in [4.78, 5) is 29.1. The highest BCUT2D eigenvalue weighted by Crippen LogP contribution is 2.35. The van der Waals surface area contributed by atoms with E-state index in [1.807, 2.05) is 24.3 Å². The van der Waals surface area contributed by atoms with Crippen LogP contribution < -0.4 is 5.32 Å². The maximum Gasteiger partial charge on any atom is 0.227 e. The summed E-state index contributed by atoms with van der Waals surface area (Å²) >= 11 is 0. The van der Waals surface area contributed by atoms with Crippen molar-refractivity contribution in [2.24, 2.45) is 5.92 Å². The van der Waals surface area contributed by atoms with Gasteiger partial charge in [-0.15, -0.1) is 0 Å². The predicted molar refractivity (Wildman–Crippen MR) is 144 cm³/mol. The number of aromatic amines is 2. The highest BCUT2D eigenvalue weighted by atomic mass is 19.1. The van der Waals surface area contributed by atoms with Crippen molar-refractivity contribution in [3.8, 4) is 33.8 Å². The molecule has 1 amide bonds. The van der Waals surface area contributed by atoms with Gasteiger partial charge in [-0.3, -0.25) is 24.8 Å². The number of pyridine rings is 3. The Kier molecular flexibility index (Phi) is 5.21. The molecule has 5 aromatic heterocycles. The van der Waals surface area contributed by atoms with Crippen LogP contribution in [0.25, 0.3) is 55.6 Å². The van der Waals surface area contributed by atoms with Crippen molar-refractivity contribution in [2.75, 3.05) is 5.32 Å². The van der Waals surface area contributed by atoms with Crippen LogP contribution >= 0.6 is 0 Å². The van der Waals surface area contributed by atoms with Gasteiger partial charge >= 0.3 is 0 Å². The molecule has 1 saturated carbocycles. The molecule has 0 atom stereocenters. The molecule has 1 fully saturated rings. The highest BCUT2D eigenvalue weighted by molar-refractivity contribution is 6.01. The van der Waals surface area contributed by atoms with Crippen molar-refractivity contribution >= 4 is 33.4 Å². The number of nitrogens with zero attached hydrogens (tertiary/aromatic N) is 4. The number of nitrogens with one attached hydrogen (secondary N) is 3. The van der Waals surface area contributed by atoms with Gasteiger partial charge in [-0.1, -0.05) is 18.6 Å². The first-order valence-corrected chi connectivity index (χ1v) is 12.5. The number of anilines is 1. The monoisotopic (exact) mass is 503 g/mol. The van der Waals surface area contributed by atoms with E-state index in [2.05, 4.69) is 35.5 Å². The standard InChI is InChI=1S/C29H22FN7O/c30-19-6-2-5-17(7-19)23-13-32-14-26-21(23)9-25(35-26)28-22-10-24(33-15-27(22)36-37-28)18-8-20(12-31-11-18)34-29(38)16-3-1-4-16/h2,5-16,35H,1,3-4H2,(H,34,38)(H,36,37). The van der Waals surface area contributed by atoms with Gasteiger partial charge < -0.3 is 10.3 Å². The number of halogens is 1. The van der Waals surface area contributed by atoms with Crippen LogP contribution in [0.3, 0.4) is 0 Å². The summed E-state index contributed by atoms with van der Waals surface area (Å²) in [6.45, 7) is 0. The quantitative estimate of drug-likeness (QED) is 0.263. The highest BCUT2D eigenvalue weighted by Gasteiger charge is 2.25. The summed E-state index contributed by atoms with van der Waals surface area (Å²) in [5.74, 6) is -0.161. The normalized spacial score (nSPS) is 13.6. The molecular weight excluding hydrogens is 481 g/mol. The van der Waals surface area contributed by atoms with Crippen LogP contribution in [0.5, 0.6) is 0 Å². The summed E-state index contributed by atoms with van der Waals surface area (Å²) in [5.41, 5.74) is 6.88. The minimum atomic E-state index is -0.297. The number of carbonyl (C=O) groups is 1. The van der Waals surface area contributed by atoms with Crippen LogP contribution in [0.1, 0.15) is 19.3 Å². The molecule has 1 aliphatic rings. The van der Waals surface area contributed by atoms with Crippen molar-refractivity contribution in [2.45, 2.75) is 19.3 Å². The fraction of sp³-hybridized carbons (Fsp3) is 0.138. The molecule has 0 unspecified atom stereocenters. The van der Waals surface area contributed by atoms with E-state index in [9.17, 15) is 9.18 Å². The zero-order valence-corrected chi connectivity index (χ0v) is 20.2. The van der Waals surface area contributed by atoms with E-state index in [1.165, 1.54) is 12.1 Å². The average Bonchev–Trinajstić information content (AvgIpc) is 3.51. The number of hydrogen-bond acceptors (Lipinski definition) is 5. The first-order valence-electron chi connectivity index (χ1n) is 12.5. The maximum absolute atomic E-state index is 13.9. The van der Waals surface area contributed by atoms with Crippen LogP contribution in [0, 0.1) is 11.7 Å². The van der Waals surface area contributed by atoms with Gasteiger partial charge in [0.15, 0.2) is 0 Å². The van der Waals surface area contributed by atoms with Gasteiger partial charge in [-0.05, 0) is 48.7 Å². The van der Waals surface area contributed by atoms with Gasteiger partial charge in [0.1, 0.15) is 11.5 Å². The van der Waals surface area contributed by atoms with E-state index in [1.54, 1.807) is 37.1 Å². The van der Waals surface area contributed by atoms with Crippen molar-refractivity contribution in [1.82, 2.24) is 30.1 Å². The molecule has 186 valence electrons. The Labute approximate surface area is 216 Å². The molecule has 6 aromatic rings. The van der Waals surface area contributed by atoms with Crippen molar-refractivity contribution < 1.29 is 9.18 Å². The van der Waals surface area contributed by atoms with Gasteiger partial charge in [0.2, 0.25) is 5.91 Å². The van der Waals surface area contributed by atoms with Crippen molar-refractivity contribution in [3.05, 3.63) is 79.3 Å². The second kappa shape index (κ2) is 8.88. The molecule has 0 radical (unpaired) electrons. The van der Waals surface area contributed by atoms with E-state index in [0.29, 0.717) is 11.4 Å². The number of carbonyl (C=O) groups excluding carboxylic acids is 1. The minimum absolute atomic E-state index is 0.0432. The number of fused-ring (bicyclic) bond motifs is 2. The van der Waals surface area contributed by atoms with Gasteiger partial charge in [0, 0.05) is 40.2 Å². The smallest absolute Gasteiger partial charge is 0.227 e. The molecule has 7 rings (SSSR count).